The van der Waals surface area contributed by atoms with Crippen molar-refractivity contribution in [1.29, 1.82) is 0 Å². The molecule has 0 aromatic heterocycles. The van der Waals surface area contributed by atoms with Crippen LogP contribution in [0.5, 0.6) is 11.5 Å². The molecule has 3 aromatic carbocycles. The first-order valence-corrected chi connectivity index (χ1v) is 8.42. The zero-order valence-corrected chi connectivity index (χ0v) is 14.2. The second-order valence-corrected chi connectivity index (χ2v) is 6.14. The van der Waals surface area contributed by atoms with E-state index in [1.807, 2.05) is 6.07 Å². The summed E-state index contributed by atoms with van der Waals surface area (Å²) in [5.41, 5.74) is 1.46. The van der Waals surface area contributed by atoms with E-state index in [1.54, 1.807) is 48.5 Å². The maximum Gasteiger partial charge on any atom is 0.231 e. The molecule has 0 saturated heterocycles. The minimum Gasteiger partial charge on any atom is -0.454 e. The van der Waals surface area contributed by atoms with Crippen molar-refractivity contribution in [3.8, 4) is 22.6 Å². The molecule has 4 rings (SSSR count). The van der Waals surface area contributed by atoms with Crippen LogP contribution in [0.1, 0.15) is 17.2 Å². The lowest BCUT2D eigenvalue weighted by atomic mass is 10.00. The number of halogens is 2. The highest BCUT2D eigenvalue weighted by molar-refractivity contribution is 5.64. The summed E-state index contributed by atoms with van der Waals surface area (Å²) in [5, 5.41) is 10.3. The molecule has 0 aliphatic carbocycles. The molecule has 27 heavy (non-hydrogen) atoms. The van der Waals surface area contributed by atoms with E-state index >= 15 is 0 Å². The molecule has 1 unspecified atom stereocenters. The summed E-state index contributed by atoms with van der Waals surface area (Å²) in [4.78, 5) is 0. The fraction of sp³-hybridized carbons (Fsp3) is 0.0909. The summed E-state index contributed by atoms with van der Waals surface area (Å²) in [5.74, 6) is -0.356. The Bertz CT molecular complexity index is 977. The Morgan fingerprint density at radius 3 is 2.30 bits per heavy atom. The lowest BCUT2D eigenvalue weighted by Crippen LogP contribution is -2.02. The Balaban J connectivity index is 1.59. The average Bonchev–Trinajstić information content (AvgIpc) is 3.14. The summed E-state index contributed by atoms with van der Waals surface area (Å²) in [6, 6.07) is 16.6. The third kappa shape index (κ3) is 3.55. The standard InChI is InChI=1S/C22H16F2O3/c23-17-11-16(15-4-2-1-3-5-15)12-18(24)22(17)19(25)8-6-14-7-9-20-21(10-14)27-13-26-20/h1-12,19,25H,13H2/b8-6+. The smallest absolute Gasteiger partial charge is 0.231 e. The Kier molecular flexibility index (Phi) is 4.60. The van der Waals surface area contributed by atoms with Crippen LogP contribution in [0.15, 0.2) is 66.7 Å². The molecular weight excluding hydrogens is 350 g/mol. The van der Waals surface area contributed by atoms with Gasteiger partial charge in [-0.1, -0.05) is 48.6 Å². The molecule has 0 amide bonds. The predicted molar refractivity (Wildman–Crippen MR) is 98.4 cm³/mol. The van der Waals surface area contributed by atoms with Gasteiger partial charge in [0, 0.05) is 0 Å². The van der Waals surface area contributed by atoms with E-state index in [4.69, 9.17) is 9.47 Å². The second-order valence-electron chi connectivity index (χ2n) is 6.14. The van der Waals surface area contributed by atoms with Crippen LogP contribution in [-0.4, -0.2) is 11.9 Å². The molecule has 1 N–H and O–H groups in total. The summed E-state index contributed by atoms with van der Waals surface area (Å²) in [6.07, 6.45) is 1.50. The molecule has 1 aliphatic heterocycles. The molecule has 5 heteroatoms. The van der Waals surface area contributed by atoms with Crippen molar-refractivity contribution in [1.82, 2.24) is 0 Å². The summed E-state index contributed by atoms with van der Waals surface area (Å²) in [6.45, 7) is 0.162. The van der Waals surface area contributed by atoms with Crippen LogP contribution in [-0.2, 0) is 0 Å². The number of hydrogen-bond donors (Lipinski definition) is 1. The molecule has 0 spiro atoms. The highest BCUT2D eigenvalue weighted by Crippen LogP contribution is 2.33. The van der Waals surface area contributed by atoms with Gasteiger partial charge in [0.1, 0.15) is 17.7 Å². The van der Waals surface area contributed by atoms with E-state index in [0.717, 1.165) is 5.56 Å². The number of benzene rings is 3. The zero-order valence-electron chi connectivity index (χ0n) is 14.2. The van der Waals surface area contributed by atoms with Crippen molar-refractivity contribution in [2.75, 3.05) is 6.79 Å². The molecule has 1 atom stereocenters. The van der Waals surface area contributed by atoms with Gasteiger partial charge in [-0.05, 0) is 41.0 Å². The third-order valence-corrected chi connectivity index (χ3v) is 4.35. The van der Waals surface area contributed by atoms with Crippen LogP contribution < -0.4 is 9.47 Å². The Labute approximate surface area is 155 Å². The van der Waals surface area contributed by atoms with Crippen molar-refractivity contribution in [3.05, 3.63) is 89.5 Å². The lowest BCUT2D eigenvalue weighted by molar-refractivity contribution is 0.174. The minimum absolute atomic E-state index is 0.162. The normalized spacial score (nSPS) is 13.9. The van der Waals surface area contributed by atoms with E-state index < -0.39 is 17.7 Å². The maximum absolute atomic E-state index is 14.5. The van der Waals surface area contributed by atoms with Crippen LogP contribution in [0, 0.1) is 11.6 Å². The van der Waals surface area contributed by atoms with E-state index in [1.165, 1.54) is 18.2 Å². The predicted octanol–water partition coefficient (Wildman–Crippen LogP) is 5.11. The fourth-order valence-corrected chi connectivity index (χ4v) is 2.98. The van der Waals surface area contributed by atoms with Crippen molar-refractivity contribution < 1.29 is 23.4 Å². The summed E-state index contributed by atoms with van der Waals surface area (Å²) in [7, 11) is 0. The molecule has 0 saturated carbocycles. The first-order chi connectivity index (χ1) is 13.1. The topological polar surface area (TPSA) is 38.7 Å². The van der Waals surface area contributed by atoms with E-state index in [2.05, 4.69) is 0 Å². The molecule has 1 heterocycles. The molecule has 0 bridgehead atoms. The van der Waals surface area contributed by atoms with Gasteiger partial charge in [-0.3, -0.25) is 0 Å². The van der Waals surface area contributed by atoms with Gasteiger partial charge in [-0.15, -0.1) is 0 Å². The molecular formula is C22H16F2O3. The van der Waals surface area contributed by atoms with E-state index in [0.29, 0.717) is 22.6 Å². The minimum atomic E-state index is -1.42. The van der Waals surface area contributed by atoms with Gasteiger partial charge in [-0.2, -0.15) is 0 Å². The van der Waals surface area contributed by atoms with Crippen LogP contribution in [0.25, 0.3) is 17.2 Å². The summed E-state index contributed by atoms with van der Waals surface area (Å²) < 4.78 is 39.5. The molecule has 1 aliphatic rings. The first kappa shape index (κ1) is 17.2. The number of aliphatic hydroxyl groups excluding tert-OH is 1. The van der Waals surface area contributed by atoms with Gasteiger partial charge < -0.3 is 14.6 Å². The van der Waals surface area contributed by atoms with Crippen LogP contribution >= 0.6 is 0 Å². The Morgan fingerprint density at radius 1 is 0.852 bits per heavy atom. The number of fused-ring (bicyclic) bond motifs is 1. The SMILES string of the molecule is OC(/C=C/c1ccc2c(c1)OCO2)c1c(F)cc(-c2ccccc2)cc1F. The highest BCUT2D eigenvalue weighted by Gasteiger charge is 2.18. The monoisotopic (exact) mass is 366 g/mol. The van der Waals surface area contributed by atoms with Crippen molar-refractivity contribution in [2.45, 2.75) is 6.10 Å². The number of ether oxygens (including phenoxy) is 2. The van der Waals surface area contributed by atoms with Crippen LogP contribution in [0.2, 0.25) is 0 Å². The molecule has 0 radical (unpaired) electrons. The molecule has 3 nitrogen and oxygen atoms in total. The van der Waals surface area contributed by atoms with Gasteiger partial charge in [0.15, 0.2) is 11.5 Å². The fourth-order valence-electron chi connectivity index (χ4n) is 2.98. The van der Waals surface area contributed by atoms with Gasteiger partial charge >= 0.3 is 0 Å². The maximum atomic E-state index is 14.5. The largest absolute Gasteiger partial charge is 0.454 e. The lowest BCUT2D eigenvalue weighted by Gasteiger charge is -2.11. The highest BCUT2D eigenvalue weighted by atomic mass is 19.1. The molecule has 0 fully saturated rings. The van der Waals surface area contributed by atoms with Crippen LogP contribution in [0.4, 0.5) is 8.78 Å². The Hall–Kier alpha value is -3.18. The van der Waals surface area contributed by atoms with Crippen molar-refractivity contribution in [2.24, 2.45) is 0 Å². The average molecular weight is 366 g/mol. The number of aliphatic hydroxyl groups is 1. The van der Waals surface area contributed by atoms with E-state index in [-0.39, 0.29) is 12.4 Å². The Morgan fingerprint density at radius 2 is 1.56 bits per heavy atom. The zero-order chi connectivity index (χ0) is 18.8. The molecule has 136 valence electrons. The van der Waals surface area contributed by atoms with Crippen molar-refractivity contribution in [3.63, 3.8) is 0 Å². The van der Waals surface area contributed by atoms with Gasteiger partial charge in [0.05, 0.1) is 5.56 Å². The number of rotatable bonds is 4. The van der Waals surface area contributed by atoms with Gasteiger partial charge in [-0.25, -0.2) is 8.78 Å². The van der Waals surface area contributed by atoms with Gasteiger partial charge in [0.2, 0.25) is 6.79 Å². The summed E-state index contributed by atoms with van der Waals surface area (Å²) >= 11 is 0. The second kappa shape index (κ2) is 7.21. The number of hydrogen-bond acceptors (Lipinski definition) is 3. The quantitative estimate of drug-likeness (QED) is 0.698. The van der Waals surface area contributed by atoms with Crippen molar-refractivity contribution >= 4 is 6.08 Å². The van der Waals surface area contributed by atoms with Crippen LogP contribution in [0.3, 0.4) is 0 Å². The third-order valence-electron chi connectivity index (χ3n) is 4.35. The van der Waals surface area contributed by atoms with Gasteiger partial charge in [0.25, 0.3) is 0 Å². The first-order valence-electron chi connectivity index (χ1n) is 8.42. The van der Waals surface area contributed by atoms with E-state index in [9.17, 15) is 13.9 Å². The molecule has 3 aromatic rings.